The standard InChI is InChI=1S/C17H14N2O4/c20-16-14-10-4-5-11(13-7-12(10)13)15(14)17(21)18(16)8-2-1-3-9(6-8)19(22)23/h1-6,10-15H,7H2/t10-,11+,12-,13-,14+,15+/m1/s1. The van der Waals surface area contributed by atoms with Crippen LogP contribution in [0, 0.1) is 45.6 Å². The first kappa shape index (κ1) is 13.0. The van der Waals surface area contributed by atoms with E-state index in [9.17, 15) is 19.7 Å². The Labute approximate surface area is 131 Å². The Morgan fingerprint density at radius 1 is 1.04 bits per heavy atom. The second kappa shape index (κ2) is 4.07. The maximum Gasteiger partial charge on any atom is 0.271 e. The molecule has 0 radical (unpaired) electrons. The summed E-state index contributed by atoms with van der Waals surface area (Å²) in [4.78, 5) is 37.4. The first-order valence-corrected chi connectivity index (χ1v) is 7.88. The fourth-order valence-electron chi connectivity index (χ4n) is 4.96. The summed E-state index contributed by atoms with van der Waals surface area (Å²) in [6.45, 7) is 0. The summed E-state index contributed by atoms with van der Waals surface area (Å²) >= 11 is 0. The number of amides is 2. The van der Waals surface area contributed by atoms with Gasteiger partial charge in [-0.05, 0) is 36.2 Å². The van der Waals surface area contributed by atoms with Gasteiger partial charge in [0, 0.05) is 12.1 Å². The van der Waals surface area contributed by atoms with E-state index in [0.717, 1.165) is 6.42 Å². The van der Waals surface area contributed by atoms with Gasteiger partial charge >= 0.3 is 0 Å². The van der Waals surface area contributed by atoms with Crippen molar-refractivity contribution in [3.8, 4) is 0 Å². The highest BCUT2D eigenvalue weighted by Crippen LogP contribution is 2.65. The van der Waals surface area contributed by atoms with Crippen molar-refractivity contribution in [3.05, 3.63) is 46.5 Å². The third-order valence-electron chi connectivity index (χ3n) is 5.96. The highest BCUT2D eigenvalue weighted by atomic mass is 16.6. The van der Waals surface area contributed by atoms with Gasteiger partial charge in [0.15, 0.2) is 0 Å². The first-order valence-electron chi connectivity index (χ1n) is 7.88. The van der Waals surface area contributed by atoms with Crippen molar-refractivity contribution in [3.63, 3.8) is 0 Å². The Balaban J connectivity index is 1.57. The van der Waals surface area contributed by atoms with Crippen LogP contribution in [0.15, 0.2) is 36.4 Å². The molecule has 4 aliphatic carbocycles. The Kier molecular flexibility index (Phi) is 2.30. The van der Waals surface area contributed by atoms with E-state index >= 15 is 0 Å². The SMILES string of the molecule is O=C1[C@H]2[C@@H]3C=C[C@@H]([C@H]4C[C@H]34)[C@@H]2C(=O)N1c1cccc([N+](=O)[O-])c1. The molecule has 6 rings (SSSR count). The van der Waals surface area contributed by atoms with Gasteiger partial charge in [-0.2, -0.15) is 0 Å². The van der Waals surface area contributed by atoms with Gasteiger partial charge in [-0.3, -0.25) is 19.7 Å². The largest absolute Gasteiger partial charge is 0.274 e. The smallest absolute Gasteiger partial charge is 0.271 e. The fraction of sp³-hybridized carbons (Fsp3) is 0.412. The van der Waals surface area contributed by atoms with Crippen LogP contribution in [0.25, 0.3) is 0 Å². The molecule has 5 aliphatic rings. The number of carbonyl (C=O) groups excluding carboxylic acids is 2. The van der Waals surface area contributed by atoms with E-state index in [1.54, 1.807) is 6.07 Å². The van der Waals surface area contributed by atoms with Crippen LogP contribution in [0.5, 0.6) is 0 Å². The van der Waals surface area contributed by atoms with Crippen molar-refractivity contribution in [1.29, 1.82) is 0 Å². The van der Waals surface area contributed by atoms with Crippen LogP contribution in [0.1, 0.15) is 6.42 Å². The van der Waals surface area contributed by atoms with Gasteiger partial charge < -0.3 is 0 Å². The summed E-state index contributed by atoms with van der Waals surface area (Å²) in [5.41, 5.74) is 0.207. The van der Waals surface area contributed by atoms with Gasteiger partial charge in [-0.25, -0.2) is 4.90 Å². The number of anilines is 1. The molecule has 1 aromatic rings. The molecule has 116 valence electrons. The maximum absolute atomic E-state index is 12.9. The van der Waals surface area contributed by atoms with Crippen molar-refractivity contribution in [2.75, 3.05) is 4.90 Å². The molecule has 0 N–H and O–H groups in total. The summed E-state index contributed by atoms with van der Waals surface area (Å²) in [5, 5.41) is 11.0. The number of nitro benzene ring substituents is 1. The molecule has 1 heterocycles. The normalized spacial score (nSPS) is 39.4. The zero-order valence-electron chi connectivity index (χ0n) is 12.2. The molecule has 3 fully saturated rings. The minimum absolute atomic E-state index is 0.109. The second-order valence-electron chi connectivity index (χ2n) is 6.94. The van der Waals surface area contributed by atoms with Crippen molar-refractivity contribution < 1.29 is 14.5 Å². The molecule has 0 unspecified atom stereocenters. The van der Waals surface area contributed by atoms with Crippen molar-refractivity contribution in [1.82, 2.24) is 0 Å². The molecule has 2 saturated carbocycles. The van der Waals surface area contributed by atoms with Crippen LogP contribution >= 0.6 is 0 Å². The zero-order valence-corrected chi connectivity index (χ0v) is 12.2. The lowest BCUT2D eigenvalue weighted by atomic mass is 9.63. The molecule has 6 atom stereocenters. The second-order valence-corrected chi connectivity index (χ2v) is 6.94. The summed E-state index contributed by atoms with van der Waals surface area (Å²) in [5.74, 6) is 0.489. The molecule has 2 bridgehead atoms. The molecule has 0 aromatic heterocycles. The van der Waals surface area contributed by atoms with Crippen LogP contribution in [0.3, 0.4) is 0 Å². The average Bonchev–Trinajstić information content (AvgIpc) is 3.32. The van der Waals surface area contributed by atoms with Gasteiger partial charge in [0.2, 0.25) is 11.8 Å². The van der Waals surface area contributed by atoms with Gasteiger partial charge in [0.1, 0.15) is 0 Å². The van der Waals surface area contributed by atoms with E-state index in [1.165, 1.54) is 23.1 Å². The van der Waals surface area contributed by atoms with Gasteiger partial charge in [0.25, 0.3) is 5.69 Å². The number of allylic oxidation sites excluding steroid dienone is 2. The number of benzene rings is 1. The average molecular weight is 310 g/mol. The summed E-state index contributed by atoms with van der Waals surface area (Å²) in [6.07, 6.45) is 5.34. The predicted molar refractivity (Wildman–Crippen MR) is 80.3 cm³/mol. The number of nitrogens with zero attached hydrogens (tertiary/aromatic N) is 2. The molecule has 1 aliphatic heterocycles. The van der Waals surface area contributed by atoms with Gasteiger partial charge in [-0.1, -0.05) is 18.2 Å². The van der Waals surface area contributed by atoms with Crippen molar-refractivity contribution >= 4 is 23.2 Å². The number of rotatable bonds is 2. The van der Waals surface area contributed by atoms with E-state index in [-0.39, 0.29) is 41.2 Å². The van der Waals surface area contributed by atoms with E-state index in [2.05, 4.69) is 12.2 Å². The fourth-order valence-corrected chi connectivity index (χ4v) is 4.96. The zero-order chi connectivity index (χ0) is 15.9. The molecule has 6 heteroatoms. The van der Waals surface area contributed by atoms with E-state index in [1.807, 2.05) is 0 Å². The molecule has 2 amide bonds. The van der Waals surface area contributed by atoms with Crippen LogP contribution < -0.4 is 4.90 Å². The predicted octanol–water partition coefficient (Wildman–Crippen LogP) is 2.15. The number of nitro groups is 1. The first-order chi connectivity index (χ1) is 11.1. The summed E-state index contributed by atoms with van der Waals surface area (Å²) < 4.78 is 0. The lowest BCUT2D eigenvalue weighted by molar-refractivity contribution is -0.384. The van der Waals surface area contributed by atoms with E-state index < -0.39 is 4.92 Å². The Hall–Kier alpha value is -2.50. The van der Waals surface area contributed by atoms with Crippen molar-refractivity contribution in [2.24, 2.45) is 35.5 Å². The third kappa shape index (κ3) is 1.53. The lowest BCUT2D eigenvalue weighted by Gasteiger charge is -2.37. The van der Waals surface area contributed by atoms with Gasteiger partial charge in [0.05, 0.1) is 22.4 Å². The van der Waals surface area contributed by atoms with E-state index in [0.29, 0.717) is 17.5 Å². The molecule has 1 aromatic carbocycles. The molecule has 6 nitrogen and oxygen atoms in total. The topological polar surface area (TPSA) is 80.5 Å². The molecule has 1 saturated heterocycles. The number of hydrogen-bond acceptors (Lipinski definition) is 4. The van der Waals surface area contributed by atoms with Crippen LogP contribution in [-0.4, -0.2) is 16.7 Å². The molecular weight excluding hydrogens is 296 g/mol. The number of carbonyl (C=O) groups is 2. The molecule has 0 spiro atoms. The highest BCUT2D eigenvalue weighted by Gasteiger charge is 2.67. The maximum atomic E-state index is 12.9. The lowest BCUT2D eigenvalue weighted by Crippen LogP contribution is -2.40. The van der Waals surface area contributed by atoms with E-state index in [4.69, 9.17) is 0 Å². The Morgan fingerprint density at radius 2 is 1.65 bits per heavy atom. The number of imide groups is 1. The minimum Gasteiger partial charge on any atom is -0.274 e. The molecule has 23 heavy (non-hydrogen) atoms. The molecular formula is C17H14N2O4. The summed E-state index contributed by atoms with van der Waals surface area (Å²) in [7, 11) is 0. The third-order valence-corrected chi connectivity index (χ3v) is 5.96. The number of non-ortho nitro benzene ring substituents is 1. The summed E-state index contributed by atoms with van der Waals surface area (Å²) in [6, 6.07) is 5.78. The van der Waals surface area contributed by atoms with Crippen LogP contribution in [0.2, 0.25) is 0 Å². The van der Waals surface area contributed by atoms with Crippen molar-refractivity contribution in [2.45, 2.75) is 6.42 Å². The van der Waals surface area contributed by atoms with Crippen LogP contribution in [-0.2, 0) is 9.59 Å². The quantitative estimate of drug-likeness (QED) is 0.363. The minimum atomic E-state index is -0.512. The highest BCUT2D eigenvalue weighted by molar-refractivity contribution is 6.22. The Morgan fingerprint density at radius 3 is 2.22 bits per heavy atom. The van der Waals surface area contributed by atoms with Gasteiger partial charge in [-0.15, -0.1) is 0 Å². The number of hydrogen-bond donors (Lipinski definition) is 0. The Bertz CT molecular complexity index is 766. The monoisotopic (exact) mass is 310 g/mol. The van der Waals surface area contributed by atoms with Crippen LogP contribution in [0.4, 0.5) is 11.4 Å².